The second-order valence-electron chi connectivity index (χ2n) is 5.32. The molecule has 1 N–H and O–H groups in total. The first kappa shape index (κ1) is 18.1. The van der Waals surface area contributed by atoms with E-state index in [1.807, 2.05) is 6.92 Å². The van der Waals surface area contributed by atoms with Crippen LogP contribution in [0, 0.1) is 5.92 Å². The smallest absolute Gasteiger partial charge is 0.229 e. The van der Waals surface area contributed by atoms with Crippen LogP contribution in [0.5, 0.6) is 0 Å². The fourth-order valence-electron chi connectivity index (χ4n) is 2.16. The standard InChI is InChI=1S/C16H31NO2/c1-4-7-9-10-11-13-15(18)17-16(19)14(6-3)12-8-5-2/h14H,4-13H2,1-3H3,(H,17,18,19). The lowest BCUT2D eigenvalue weighted by molar-refractivity contribution is -0.133. The van der Waals surface area contributed by atoms with Gasteiger partial charge in [0.2, 0.25) is 11.8 Å². The van der Waals surface area contributed by atoms with E-state index < -0.39 is 0 Å². The topological polar surface area (TPSA) is 46.2 Å². The molecule has 0 spiro atoms. The van der Waals surface area contributed by atoms with Gasteiger partial charge < -0.3 is 0 Å². The first-order valence-corrected chi connectivity index (χ1v) is 7.99. The van der Waals surface area contributed by atoms with Crippen molar-refractivity contribution in [2.45, 2.75) is 85.0 Å². The summed E-state index contributed by atoms with van der Waals surface area (Å²) >= 11 is 0. The van der Waals surface area contributed by atoms with Crippen LogP contribution in [-0.4, -0.2) is 11.8 Å². The molecule has 3 heteroatoms. The zero-order valence-corrected chi connectivity index (χ0v) is 13.0. The number of unbranched alkanes of at least 4 members (excludes halogenated alkanes) is 5. The number of hydrogen-bond acceptors (Lipinski definition) is 2. The minimum Gasteiger partial charge on any atom is -0.296 e. The third-order valence-corrected chi connectivity index (χ3v) is 3.54. The lowest BCUT2D eigenvalue weighted by atomic mass is 9.98. The van der Waals surface area contributed by atoms with Crippen LogP contribution in [-0.2, 0) is 9.59 Å². The molecule has 0 radical (unpaired) electrons. The first-order chi connectivity index (χ1) is 9.15. The van der Waals surface area contributed by atoms with Crippen LogP contribution in [0.15, 0.2) is 0 Å². The van der Waals surface area contributed by atoms with Gasteiger partial charge in [0.1, 0.15) is 0 Å². The van der Waals surface area contributed by atoms with Gasteiger partial charge in [0, 0.05) is 12.3 Å². The van der Waals surface area contributed by atoms with Crippen molar-refractivity contribution in [1.29, 1.82) is 0 Å². The summed E-state index contributed by atoms with van der Waals surface area (Å²) in [7, 11) is 0. The van der Waals surface area contributed by atoms with Crippen LogP contribution in [0.25, 0.3) is 0 Å². The van der Waals surface area contributed by atoms with Crippen LogP contribution in [0.4, 0.5) is 0 Å². The van der Waals surface area contributed by atoms with Gasteiger partial charge in [-0.3, -0.25) is 14.9 Å². The largest absolute Gasteiger partial charge is 0.296 e. The maximum absolute atomic E-state index is 11.9. The molecule has 0 aliphatic heterocycles. The third-order valence-electron chi connectivity index (χ3n) is 3.54. The Hall–Kier alpha value is -0.860. The Morgan fingerprint density at radius 1 is 0.895 bits per heavy atom. The van der Waals surface area contributed by atoms with E-state index in [0.717, 1.165) is 38.5 Å². The van der Waals surface area contributed by atoms with Gasteiger partial charge in [0.25, 0.3) is 0 Å². The van der Waals surface area contributed by atoms with Gasteiger partial charge in [-0.25, -0.2) is 0 Å². The van der Waals surface area contributed by atoms with E-state index in [-0.39, 0.29) is 17.7 Å². The van der Waals surface area contributed by atoms with E-state index in [4.69, 9.17) is 0 Å². The molecule has 2 amide bonds. The lowest BCUT2D eigenvalue weighted by Gasteiger charge is -2.13. The Balaban J connectivity index is 3.80. The molecule has 0 aromatic carbocycles. The zero-order valence-electron chi connectivity index (χ0n) is 13.0. The van der Waals surface area contributed by atoms with Gasteiger partial charge in [-0.2, -0.15) is 0 Å². The van der Waals surface area contributed by atoms with Crippen molar-refractivity contribution >= 4 is 11.8 Å². The number of carbonyl (C=O) groups is 2. The molecule has 0 saturated heterocycles. The summed E-state index contributed by atoms with van der Waals surface area (Å²) in [6, 6.07) is 0. The number of carbonyl (C=O) groups excluding carboxylic acids is 2. The maximum Gasteiger partial charge on any atom is 0.229 e. The van der Waals surface area contributed by atoms with Crippen LogP contribution < -0.4 is 5.32 Å². The fraction of sp³-hybridized carbons (Fsp3) is 0.875. The summed E-state index contributed by atoms with van der Waals surface area (Å²) in [4.78, 5) is 23.5. The Bertz CT molecular complexity index is 251. The minimum atomic E-state index is -0.101. The number of imide groups is 1. The first-order valence-electron chi connectivity index (χ1n) is 7.99. The summed E-state index contributed by atoms with van der Waals surface area (Å²) in [5.74, 6) is -0.171. The molecular weight excluding hydrogens is 238 g/mol. The van der Waals surface area contributed by atoms with Gasteiger partial charge in [-0.1, -0.05) is 59.3 Å². The van der Waals surface area contributed by atoms with Gasteiger partial charge in [-0.15, -0.1) is 0 Å². The highest BCUT2D eigenvalue weighted by molar-refractivity contribution is 5.96. The van der Waals surface area contributed by atoms with Crippen LogP contribution in [0.2, 0.25) is 0 Å². The van der Waals surface area contributed by atoms with E-state index in [9.17, 15) is 9.59 Å². The highest BCUT2D eigenvalue weighted by Gasteiger charge is 2.17. The molecule has 0 aliphatic carbocycles. The summed E-state index contributed by atoms with van der Waals surface area (Å²) in [5, 5.41) is 2.55. The van der Waals surface area contributed by atoms with Gasteiger partial charge in [0.15, 0.2) is 0 Å². The highest BCUT2D eigenvalue weighted by atomic mass is 16.2. The number of hydrogen-bond donors (Lipinski definition) is 1. The zero-order chi connectivity index (χ0) is 14.5. The van der Waals surface area contributed by atoms with Crippen molar-refractivity contribution in [3.8, 4) is 0 Å². The highest BCUT2D eigenvalue weighted by Crippen LogP contribution is 2.13. The summed E-state index contributed by atoms with van der Waals surface area (Å²) in [6.45, 7) is 6.30. The van der Waals surface area contributed by atoms with E-state index in [2.05, 4.69) is 19.2 Å². The monoisotopic (exact) mass is 269 g/mol. The predicted molar refractivity (Wildman–Crippen MR) is 79.8 cm³/mol. The molecule has 1 atom stereocenters. The molecule has 3 nitrogen and oxygen atoms in total. The van der Waals surface area contributed by atoms with Crippen molar-refractivity contribution < 1.29 is 9.59 Å². The minimum absolute atomic E-state index is 0.00370. The van der Waals surface area contributed by atoms with Gasteiger partial charge in [-0.05, 0) is 19.3 Å². The number of nitrogens with one attached hydrogen (secondary N) is 1. The molecule has 112 valence electrons. The Morgan fingerprint density at radius 2 is 1.53 bits per heavy atom. The molecule has 0 rings (SSSR count). The summed E-state index contributed by atoms with van der Waals surface area (Å²) in [6.07, 6.45) is 9.94. The Kier molecular flexibility index (Phi) is 11.6. The molecule has 0 aromatic rings. The molecule has 0 fully saturated rings. The van der Waals surface area contributed by atoms with Crippen LogP contribution >= 0.6 is 0 Å². The Morgan fingerprint density at radius 3 is 2.11 bits per heavy atom. The van der Waals surface area contributed by atoms with Gasteiger partial charge >= 0.3 is 0 Å². The van der Waals surface area contributed by atoms with Crippen molar-refractivity contribution in [3.63, 3.8) is 0 Å². The summed E-state index contributed by atoms with van der Waals surface area (Å²) in [5.41, 5.74) is 0. The molecule has 0 aliphatic rings. The fourth-order valence-corrected chi connectivity index (χ4v) is 2.16. The lowest BCUT2D eigenvalue weighted by Crippen LogP contribution is -2.35. The quantitative estimate of drug-likeness (QED) is 0.571. The Labute approximate surface area is 118 Å². The van der Waals surface area contributed by atoms with E-state index in [0.29, 0.717) is 6.42 Å². The van der Waals surface area contributed by atoms with Crippen molar-refractivity contribution in [2.24, 2.45) is 5.92 Å². The number of amides is 2. The van der Waals surface area contributed by atoms with Crippen molar-refractivity contribution in [3.05, 3.63) is 0 Å². The third kappa shape index (κ3) is 9.69. The van der Waals surface area contributed by atoms with E-state index >= 15 is 0 Å². The number of rotatable bonds is 11. The van der Waals surface area contributed by atoms with Crippen molar-refractivity contribution in [2.75, 3.05) is 0 Å². The molecule has 0 heterocycles. The maximum atomic E-state index is 11.9. The van der Waals surface area contributed by atoms with E-state index in [1.54, 1.807) is 0 Å². The van der Waals surface area contributed by atoms with Crippen LogP contribution in [0.3, 0.4) is 0 Å². The molecular formula is C16H31NO2. The molecule has 0 saturated carbocycles. The van der Waals surface area contributed by atoms with Crippen molar-refractivity contribution in [1.82, 2.24) is 5.32 Å². The van der Waals surface area contributed by atoms with E-state index in [1.165, 1.54) is 19.3 Å². The predicted octanol–water partition coefficient (Wildman–Crippen LogP) is 4.21. The summed E-state index contributed by atoms with van der Waals surface area (Å²) < 4.78 is 0. The molecule has 19 heavy (non-hydrogen) atoms. The molecule has 1 unspecified atom stereocenters. The second-order valence-corrected chi connectivity index (χ2v) is 5.32. The average Bonchev–Trinajstić information content (AvgIpc) is 2.39. The SMILES string of the molecule is CCCCCCCC(=O)NC(=O)C(CC)CCCC. The normalized spacial score (nSPS) is 12.2. The molecule has 0 aromatic heterocycles. The van der Waals surface area contributed by atoms with Crippen LogP contribution in [0.1, 0.15) is 85.0 Å². The average molecular weight is 269 g/mol. The van der Waals surface area contributed by atoms with Gasteiger partial charge in [0.05, 0.1) is 0 Å². The molecule has 0 bridgehead atoms. The second kappa shape index (κ2) is 12.2.